The average Bonchev–Trinajstić information content (AvgIpc) is 2.71. The molecule has 0 radical (unpaired) electrons. The molecule has 0 fully saturated rings. The molecule has 2 aromatic carbocycles. The fourth-order valence-electron chi connectivity index (χ4n) is 2.85. The lowest BCUT2D eigenvalue weighted by Crippen LogP contribution is -2.46. The van der Waals surface area contributed by atoms with Gasteiger partial charge >= 0.3 is 10.2 Å². The van der Waals surface area contributed by atoms with Gasteiger partial charge in [0.2, 0.25) is 5.91 Å². The summed E-state index contributed by atoms with van der Waals surface area (Å²) in [7, 11) is 2.10. The number of benzene rings is 2. The van der Waals surface area contributed by atoms with Crippen LogP contribution in [0, 0.1) is 13.8 Å². The van der Waals surface area contributed by atoms with Crippen LogP contribution >= 0.6 is 0 Å². The Balaban J connectivity index is 2.22. The maximum Gasteiger partial charge on any atom is 0.304 e. The molecule has 9 heteroatoms. The van der Waals surface area contributed by atoms with E-state index in [2.05, 4.69) is 5.32 Å². The molecule has 2 rings (SSSR count). The van der Waals surface area contributed by atoms with Crippen molar-refractivity contribution in [3.8, 4) is 11.5 Å². The molecule has 1 N–H and O–H groups in total. The molecular formula is C21H29N3O5S. The Labute approximate surface area is 178 Å². The van der Waals surface area contributed by atoms with E-state index in [1.165, 1.54) is 21.2 Å². The molecule has 30 heavy (non-hydrogen) atoms. The maximum absolute atomic E-state index is 12.9. The van der Waals surface area contributed by atoms with Crippen LogP contribution in [0.15, 0.2) is 36.4 Å². The molecule has 0 unspecified atom stereocenters. The normalized spacial score (nSPS) is 11.3. The van der Waals surface area contributed by atoms with E-state index in [4.69, 9.17) is 9.47 Å². The van der Waals surface area contributed by atoms with Crippen molar-refractivity contribution in [1.29, 1.82) is 0 Å². The molecule has 0 saturated heterocycles. The number of ether oxygens (including phenoxy) is 2. The molecule has 2 aromatic rings. The molecule has 0 aliphatic carbocycles. The fourth-order valence-corrected chi connectivity index (χ4v) is 3.97. The van der Waals surface area contributed by atoms with Crippen LogP contribution in [-0.2, 0) is 21.5 Å². The van der Waals surface area contributed by atoms with E-state index in [1.807, 2.05) is 26.0 Å². The summed E-state index contributed by atoms with van der Waals surface area (Å²) in [5.41, 5.74) is 2.94. The number of nitrogens with zero attached hydrogens (tertiary/aromatic N) is 2. The van der Waals surface area contributed by atoms with Crippen LogP contribution in [0.25, 0.3) is 0 Å². The van der Waals surface area contributed by atoms with Gasteiger partial charge in [0.1, 0.15) is 6.54 Å². The Morgan fingerprint density at radius 1 is 1.00 bits per heavy atom. The zero-order valence-electron chi connectivity index (χ0n) is 18.2. The second-order valence-corrected chi connectivity index (χ2v) is 9.12. The highest BCUT2D eigenvalue weighted by Gasteiger charge is 2.28. The number of anilines is 1. The standard InChI is InChI=1S/C21H29N3O5S/c1-15-7-8-16(2)18(11-15)24(30(26,27)23(3)4)14-21(25)22-13-17-9-10-19(28-5)20(12-17)29-6/h7-12H,13-14H2,1-6H3,(H,22,25). The van der Waals surface area contributed by atoms with Crippen LogP contribution in [-0.4, -0.2) is 53.5 Å². The zero-order valence-corrected chi connectivity index (χ0v) is 19.0. The van der Waals surface area contributed by atoms with Gasteiger partial charge in [0.05, 0.1) is 19.9 Å². The third kappa shape index (κ3) is 5.43. The van der Waals surface area contributed by atoms with Gasteiger partial charge in [-0.25, -0.2) is 4.31 Å². The van der Waals surface area contributed by atoms with Gasteiger partial charge in [-0.05, 0) is 48.7 Å². The third-order valence-corrected chi connectivity index (χ3v) is 6.40. The van der Waals surface area contributed by atoms with Gasteiger partial charge in [-0.15, -0.1) is 0 Å². The Morgan fingerprint density at radius 2 is 1.67 bits per heavy atom. The minimum atomic E-state index is -3.86. The Bertz CT molecular complexity index is 1010. The zero-order chi connectivity index (χ0) is 22.5. The number of hydrogen-bond acceptors (Lipinski definition) is 5. The molecule has 0 aliphatic rings. The first kappa shape index (κ1) is 23.5. The molecule has 8 nitrogen and oxygen atoms in total. The first-order chi connectivity index (χ1) is 14.1. The molecule has 0 heterocycles. The SMILES string of the molecule is COc1ccc(CNC(=O)CN(c2cc(C)ccc2C)S(=O)(=O)N(C)C)cc1OC. The van der Waals surface area contributed by atoms with E-state index in [-0.39, 0.29) is 13.1 Å². The van der Waals surface area contributed by atoms with Gasteiger partial charge in [0.25, 0.3) is 0 Å². The van der Waals surface area contributed by atoms with E-state index in [0.29, 0.717) is 17.2 Å². The van der Waals surface area contributed by atoms with Crippen LogP contribution in [0.3, 0.4) is 0 Å². The summed E-state index contributed by atoms with van der Waals surface area (Å²) in [6.07, 6.45) is 0. The highest BCUT2D eigenvalue weighted by Crippen LogP contribution is 2.28. The first-order valence-electron chi connectivity index (χ1n) is 9.35. The largest absolute Gasteiger partial charge is 0.493 e. The van der Waals surface area contributed by atoms with Gasteiger partial charge in [-0.1, -0.05) is 18.2 Å². The first-order valence-corrected chi connectivity index (χ1v) is 10.7. The van der Waals surface area contributed by atoms with Gasteiger partial charge in [-0.2, -0.15) is 12.7 Å². The molecule has 0 spiro atoms. The lowest BCUT2D eigenvalue weighted by molar-refractivity contribution is -0.119. The van der Waals surface area contributed by atoms with E-state index < -0.39 is 16.1 Å². The van der Waals surface area contributed by atoms with E-state index in [9.17, 15) is 13.2 Å². The molecule has 0 saturated carbocycles. The van der Waals surface area contributed by atoms with E-state index in [1.54, 1.807) is 31.4 Å². The second-order valence-electron chi connectivity index (χ2n) is 7.05. The predicted octanol–water partition coefficient (Wildman–Crippen LogP) is 2.25. The molecule has 0 aliphatic heterocycles. The lowest BCUT2D eigenvalue weighted by atomic mass is 10.1. The Hall–Kier alpha value is -2.78. The summed E-state index contributed by atoms with van der Waals surface area (Å²) >= 11 is 0. The molecule has 164 valence electrons. The van der Waals surface area contributed by atoms with E-state index >= 15 is 0 Å². The van der Waals surface area contributed by atoms with Crippen molar-refractivity contribution in [1.82, 2.24) is 9.62 Å². The number of carbonyl (C=O) groups is 1. The van der Waals surface area contributed by atoms with Crippen LogP contribution < -0.4 is 19.1 Å². The van der Waals surface area contributed by atoms with Crippen molar-refractivity contribution in [2.75, 3.05) is 39.2 Å². The van der Waals surface area contributed by atoms with Crippen LogP contribution in [0.1, 0.15) is 16.7 Å². The predicted molar refractivity (Wildman–Crippen MR) is 117 cm³/mol. The molecule has 0 bridgehead atoms. The quantitative estimate of drug-likeness (QED) is 0.653. The van der Waals surface area contributed by atoms with Crippen molar-refractivity contribution >= 4 is 21.8 Å². The van der Waals surface area contributed by atoms with Crippen LogP contribution in [0.4, 0.5) is 5.69 Å². The Morgan fingerprint density at radius 3 is 2.27 bits per heavy atom. The molecule has 0 atom stereocenters. The molecule has 1 amide bonds. The van der Waals surface area contributed by atoms with Crippen molar-refractivity contribution < 1.29 is 22.7 Å². The number of methoxy groups -OCH3 is 2. The number of nitrogens with one attached hydrogen (secondary N) is 1. The maximum atomic E-state index is 12.9. The minimum Gasteiger partial charge on any atom is -0.493 e. The van der Waals surface area contributed by atoms with Gasteiger partial charge in [0, 0.05) is 20.6 Å². The van der Waals surface area contributed by atoms with Crippen molar-refractivity contribution in [3.63, 3.8) is 0 Å². The van der Waals surface area contributed by atoms with Crippen LogP contribution in [0.2, 0.25) is 0 Å². The lowest BCUT2D eigenvalue weighted by Gasteiger charge is -2.28. The monoisotopic (exact) mass is 435 g/mol. The van der Waals surface area contributed by atoms with Crippen LogP contribution in [0.5, 0.6) is 11.5 Å². The van der Waals surface area contributed by atoms with Crippen molar-refractivity contribution in [2.24, 2.45) is 0 Å². The number of amides is 1. The minimum absolute atomic E-state index is 0.224. The summed E-state index contributed by atoms with van der Waals surface area (Å²) < 4.78 is 38.5. The van der Waals surface area contributed by atoms with Crippen molar-refractivity contribution in [2.45, 2.75) is 20.4 Å². The van der Waals surface area contributed by atoms with Gasteiger partial charge < -0.3 is 14.8 Å². The molecule has 0 aromatic heterocycles. The number of rotatable bonds is 9. The van der Waals surface area contributed by atoms with Crippen molar-refractivity contribution in [3.05, 3.63) is 53.1 Å². The average molecular weight is 436 g/mol. The summed E-state index contributed by atoms with van der Waals surface area (Å²) in [6, 6.07) is 10.8. The highest BCUT2D eigenvalue weighted by atomic mass is 32.2. The Kier molecular flexibility index (Phi) is 7.69. The summed E-state index contributed by atoms with van der Waals surface area (Å²) in [4.78, 5) is 12.7. The number of hydrogen-bond donors (Lipinski definition) is 1. The smallest absolute Gasteiger partial charge is 0.304 e. The fraction of sp³-hybridized carbons (Fsp3) is 0.381. The number of aryl methyl sites for hydroxylation is 2. The summed E-state index contributed by atoms with van der Waals surface area (Å²) in [6.45, 7) is 3.58. The second kappa shape index (κ2) is 9.82. The number of carbonyl (C=O) groups excluding carboxylic acids is 1. The van der Waals surface area contributed by atoms with Gasteiger partial charge in [0.15, 0.2) is 11.5 Å². The van der Waals surface area contributed by atoms with Gasteiger partial charge in [-0.3, -0.25) is 4.79 Å². The third-order valence-electron chi connectivity index (χ3n) is 4.60. The highest BCUT2D eigenvalue weighted by molar-refractivity contribution is 7.90. The molecular weight excluding hydrogens is 406 g/mol. The van der Waals surface area contributed by atoms with E-state index in [0.717, 1.165) is 25.3 Å². The summed E-state index contributed by atoms with van der Waals surface area (Å²) in [5.74, 6) is 0.721. The summed E-state index contributed by atoms with van der Waals surface area (Å²) in [5, 5.41) is 2.77. The topological polar surface area (TPSA) is 88.2 Å².